The zero-order valence-corrected chi connectivity index (χ0v) is 26.3. The molecule has 2 aromatic carbocycles. The fourth-order valence-corrected chi connectivity index (χ4v) is 3.90. The Morgan fingerprint density at radius 3 is 2.31 bits per heavy atom. The number of nitrogens with two attached hydrogens (primary N) is 1. The zero-order chi connectivity index (χ0) is 32.9. The van der Waals surface area contributed by atoms with Crippen molar-refractivity contribution in [3.8, 4) is 0 Å². The Bertz CT molecular complexity index is 1530. The second kappa shape index (κ2) is 16.5. The molecule has 0 radical (unpaired) electrons. The van der Waals surface area contributed by atoms with E-state index in [1.165, 1.54) is 17.2 Å². The minimum absolute atomic E-state index is 0.222. The Hall–Kier alpha value is -5.30. The molecule has 238 valence electrons. The van der Waals surface area contributed by atoms with Crippen LogP contribution >= 0.6 is 0 Å². The topological polar surface area (TPSA) is 175 Å². The molecule has 1 aromatic heterocycles. The maximum absolute atomic E-state index is 13.3. The Balaban J connectivity index is 1.68. The van der Waals surface area contributed by atoms with Crippen molar-refractivity contribution in [2.75, 3.05) is 55.0 Å². The van der Waals surface area contributed by atoms with E-state index in [2.05, 4.69) is 31.2 Å². The first-order valence-electron chi connectivity index (χ1n) is 14.6. The number of hydrogen-bond acceptors (Lipinski definition) is 9. The molecule has 45 heavy (non-hydrogen) atoms. The van der Waals surface area contributed by atoms with E-state index in [1.807, 2.05) is 25.8 Å². The molecule has 1 atom stereocenters. The molecule has 3 aromatic rings. The molecule has 0 fully saturated rings. The van der Waals surface area contributed by atoms with Gasteiger partial charge in [-0.3, -0.25) is 19.2 Å². The third-order valence-electron chi connectivity index (χ3n) is 6.91. The van der Waals surface area contributed by atoms with Crippen molar-refractivity contribution < 1.29 is 19.2 Å². The summed E-state index contributed by atoms with van der Waals surface area (Å²) in [6, 6.07) is 12.5. The van der Waals surface area contributed by atoms with Gasteiger partial charge in [-0.15, -0.1) is 0 Å². The van der Waals surface area contributed by atoms with Gasteiger partial charge in [0.25, 0.3) is 5.91 Å². The van der Waals surface area contributed by atoms with Gasteiger partial charge >= 0.3 is 0 Å². The van der Waals surface area contributed by atoms with E-state index in [-0.39, 0.29) is 23.3 Å². The van der Waals surface area contributed by atoms with Gasteiger partial charge < -0.3 is 36.8 Å². The molecule has 3 rings (SSSR count). The highest BCUT2D eigenvalue weighted by atomic mass is 16.2. The largest absolute Gasteiger partial charge is 0.369 e. The number of likely N-dealkylation sites (N-methyl/N-ethyl adjacent to an activating group) is 2. The van der Waals surface area contributed by atoms with Crippen molar-refractivity contribution in [3.63, 3.8) is 0 Å². The highest BCUT2D eigenvalue weighted by Gasteiger charge is 2.21. The molecule has 0 aliphatic rings. The summed E-state index contributed by atoms with van der Waals surface area (Å²) >= 11 is 0. The number of anilines is 5. The smallest absolute Gasteiger partial charge is 0.260 e. The minimum Gasteiger partial charge on any atom is -0.369 e. The number of nitrogens with zero attached hydrogens (tertiary/aromatic N) is 4. The second-order valence-electron chi connectivity index (χ2n) is 10.4. The van der Waals surface area contributed by atoms with Crippen LogP contribution in [0.2, 0.25) is 0 Å². The molecule has 13 nitrogen and oxygen atoms in total. The van der Waals surface area contributed by atoms with Gasteiger partial charge in [0.1, 0.15) is 17.4 Å². The van der Waals surface area contributed by atoms with Gasteiger partial charge in [0.05, 0.1) is 0 Å². The van der Waals surface area contributed by atoms with Gasteiger partial charge in [-0.1, -0.05) is 26.0 Å². The van der Waals surface area contributed by atoms with E-state index >= 15 is 0 Å². The Morgan fingerprint density at radius 2 is 1.67 bits per heavy atom. The van der Waals surface area contributed by atoms with Crippen LogP contribution in [0.25, 0.3) is 0 Å². The van der Waals surface area contributed by atoms with Crippen molar-refractivity contribution >= 4 is 52.5 Å². The van der Waals surface area contributed by atoms with E-state index in [0.29, 0.717) is 41.5 Å². The van der Waals surface area contributed by atoms with E-state index in [0.717, 1.165) is 13.0 Å². The molecule has 0 unspecified atom stereocenters. The van der Waals surface area contributed by atoms with Gasteiger partial charge in [0, 0.05) is 55.0 Å². The van der Waals surface area contributed by atoms with Crippen LogP contribution in [0, 0.1) is 0 Å². The van der Waals surface area contributed by atoms with E-state index in [4.69, 9.17) is 5.73 Å². The van der Waals surface area contributed by atoms with Crippen LogP contribution in [0.5, 0.6) is 0 Å². The highest BCUT2D eigenvalue weighted by Crippen LogP contribution is 2.21. The summed E-state index contributed by atoms with van der Waals surface area (Å²) in [6.45, 7) is 7.73. The van der Waals surface area contributed by atoms with Crippen LogP contribution in [0.3, 0.4) is 0 Å². The van der Waals surface area contributed by atoms with Crippen LogP contribution in [0.15, 0.2) is 66.9 Å². The third kappa shape index (κ3) is 10.1. The molecular weight excluding hydrogens is 574 g/mol. The molecule has 0 bridgehead atoms. The van der Waals surface area contributed by atoms with Crippen LogP contribution in [-0.2, 0) is 9.59 Å². The molecule has 0 aliphatic carbocycles. The molecule has 0 spiro atoms. The fraction of sp³-hybridized carbons (Fsp3) is 0.312. The van der Waals surface area contributed by atoms with Gasteiger partial charge in [-0.2, -0.15) is 4.98 Å². The standard InChI is InChI=1S/C32H41N9O4/c1-6-17-34-29-26(20-35-32(39-29)38-23-15-13-22(14-16-23)28(33)43)31(45)37-25-11-8-10-24(19-25)36-30(44)21(3)41(5)27(42)12-9-18-40(4)7-2/h8-16,19-21H,6-7,17-18H2,1-5H3,(H2,33,43)(H,36,44)(H,37,45)(H2,34,35,38,39)/b12-9+/t21-/m0/s1. The lowest BCUT2D eigenvalue weighted by Crippen LogP contribution is -2.42. The second-order valence-corrected chi connectivity index (χ2v) is 10.4. The lowest BCUT2D eigenvalue weighted by Gasteiger charge is -2.23. The number of carbonyl (C=O) groups excluding carboxylic acids is 4. The summed E-state index contributed by atoms with van der Waals surface area (Å²) in [5.41, 5.74) is 7.43. The summed E-state index contributed by atoms with van der Waals surface area (Å²) in [5, 5.41) is 11.8. The predicted octanol–water partition coefficient (Wildman–Crippen LogP) is 3.69. The van der Waals surface area contributed by atoms with Gasteiger partial charge in [-0.05, 0) is 69.4 Å². The first-order chi connectivity index (χ1) is 21.5. The van der Waals surface area contributed by atoms with Crippen molar-refractivity contribution in [2.45, 2.75) is 33.2 Å². The average molecular weight is 616 g/mol. The Kier molecular flexibility index (Phi) is 12.6. The van der Waals surface area contributed by atoms with Crippen molar-refractivity contribution in [2.24, 2.45) is 5.73 Å². The average Bonchev–Trinajstić information content (AvgIpc) is 3.03. The number of hydrogen-bond donors (Lipinski definition) is 5. The number of aromatic nitrogens is 2. The Morgan fingerprint density at radius 1 is 0.978 bits per heavy atom. The van der Waals surface area contributed by atoms with E-state index in [9.17, 15) is 19.2 Å². The normalized spacial score (nSPS) is 11.6. The molecule has 6 N–H and O–H groups in total. The summed E-state index contributed by atoms with van der Waals surface area (Å²) < 4.78 is 0. The number of nitrogens with one attached hydrogen (secondary N) is 4. The molecule has 0 saturated heterocycles. The van der Waals surface area contributed by atoms with Crippen molar-refractivity contribution in [3.05, 3.63) is 78.0 Å². The van der Waals surface area contributed by atoms with Crippen LogP contribution in [-0.4, -0.2) is 83.2 Å². The molecular formula is C32H41N9O4. The number of rotatable bonds is 15. The summed E-state index contributed by atoms with van der Waals surface area (Å²) in [6.07, 6.45) is 5.44. The maximum Gasteiger partial charge on any atom is 0.260 e. The summed E-state index contributed by atoms with van der Waals surface area (Å²) in [5.74, 6) is -1.04. The summed E-state index contributed by atoms with van der Waals surface area (Å²) in [4.78, 5) is 62.2. The van der Waals surface area contributed by atoms with E-state index in [1.54, 1.807) is 68.6 Å². The van der Waals surface area contributed by atoms with E-state index < -0.39 is 17.9 Å². The first kappa shape index (κ1) is 34.2. The quantitative estimate of drug-likeness (QED) is 0.160. The monoisotopic (exact) mass is 615 g/mol. The van der Waals surface area contributed by atoms with Crippen LogP contribution in [0.1, 0.15) is 47.9 Å². The number of benzene rings is 2. The lowest BCUT2D eigenvalue weighted by molar-refractivity contribution is -0.132. The van der Waals surface area contributed by atoms with Crippen LogP contribution in [0.4, 0.5) is 28.8 Å². The third-order valence-corrected chi connectivity index (χ3v) is 6.91. The first-order valence-corrected chi connectivity index (χ1v) is 14.6. The number of primary amides is 1. The molecule has 1 heterocycles. The van der Waals surface area contributed by atoms with Crippen LogP contribution < -0.4 is 27.0 Å². The molecule has 13 heteroatoms. The minimum atomic E-state index is -0.734. The lowest BCUT2D eigenvalue weighted by atomic mass is 10.2. The fourth-order valence-electron chi connectivity index (χ4n) is 3.90. The van der Waals surface area contributed by atoms with Gasteiger partial charge in [-0.25, -0.2) is 4.98 Å². The number of carbonyl (C=O) groups is 4. The van der Waals surface area contributed by atoms with Gasteiger partial charge in [0.2, 0.25) is 23.7 Å². The molecule has 0 aliphatic heterocycles. The van der Waals surface area contributed by atoms with Crippen molar-refractivity contribution in [1.29, 1.82) is 0 Å². The SMILES string of the molecule is CCCNc1nc(Nc2ccc(C(N)=O)cc2)ncc1C(=O)Nc1cccc(NC(=O)[C@H](C)N(C)C(=O)/C=C/CN(C)CC)c1. The number of amides is 4. The van der Waals surface area contributed by atoms with Gasteiger partial charge in [0.15, 0.2) is 0 Å². The predicted molar refractivity (Wildman–Crippen MR) is 177 cm³/mol. The highest BCUT2D eigenvalue weighted by molar-refractivity contribution is 6.08. The maximum atomic E-state index is 13.3. The zero-order valence-electron chi connectivity index (χ0n) is 26.3. The summed E-state index contributed by atoms with van der Waals surface area (Å²) in [7, 11) is 3.52. The molecule has 4 amide bonds. The molecule has 0 saturated carbocycles. The Labute approximate surface area is 263 Å². The van der Waals surface area contributed by atoms with Crippen molar-refractivity contribution in [1.82, 2.24) is 19.8 Å².